The van der Waals surface area contributed by atoms with Crippen molar-refractivity contribution in [2.24, 2.45) is 0 Å². The van der Waals surface area contributed by atoms with Crippen molar-refractivity contribution >= 4 is 27.3 Å². The number of amides is 1. The van der Waals surface area contributed by atoms with Crippen molar-refractivity contribution in [3.05, 3.63) is 54.6 Å². The maximum atomic E-state index is 13.3. The van der Waals surface area contributed by atoms with Gasteiger partial charge < -0.3 is 14.5 Å². The highest BCUT2D eigenvalue weighted by Gasteiger charge is 2.35. The predicted octanol–water partition coefficient (Wildman–Crippen LogP) is 2.59. The maximum Gasteiger partial charge on any atom is 0.246 e. The van der Waals surface area contributed by atoms with Gasteiger partial charge >= 0.3 is 0 Å². The molecule has 7 nitrogen and oxygen atoms in total. The monoisotopic (exact) mass is 431 g/mol. The summed E-state index contributed by atoms with van der Waals surface area (Å²) in [5, 5.41) is 0. The van der Waals surface area contributed by atoms with E-state index in [-0.39, 0.29) is 5.91 Å². The molecule has 2 aromatic rings. The molecule has 8 heteroatoms. The van der Waals surface area contributed by atoms with E-state index in [2.05, 4.69) is 4.90 Å². The van der Waals surface area contributed by atoms with Crippen molar-refractivity contribution in [2.75, 3.05) is 48.7 Å². The van der Waals surface area contributed by atoms with Crippen LogP contribution in [0.2, 0.25) is 0 Å². The van der Waals surface area contributed by atoms with Crippen LogP contribution in [-0.2, 0) is 14.8 Å². The number of carbonyl (C=O) groups excluding carboxylic acids is 1. The summed E-state index contributed by atoms with van der Waals surface area (Å²) in [6, 6.07) is 15.9. The summed E-state index contributed by atoms with van der Waals surface area (Å²) >= 11 is 0. The molecule has 2 aromatic carbocycles. The second-order valence-corrected chi connectivity index (χ2v) is 9.19. The number of hydrogen-bond acceptors (Lipinski definition) is 5. The Bertz CT molecular complexity index is 940. The second kappa shape index (κ2) is 9.38. The summed E-state index contributed by atoms with van der Waals surface area (Å²) in [7, 11) is -1.97. The van der Waals surface area contributed by atoms with Crippen LogP contribution in [0.3, 0.4) is 0 Å². The Morgan fingerprint density at radius 1 is 1.03 bits per heavy atom. The van der Waals surface area contributed by atoms with E-state index in [1.54, 1.807) is 36.3 Å². The minimum atomic E-state index is -3.61. The van der Waals surface area contributed by atoms with E-state index in [9.17, 15) is 13.2 Å². The van der Waals surface area contributed by atoms with Crippen molar-refractivity contribution < 1.29 is 17.9 Å². The van der Waals surface area contributed by atoms with Crippen LogP contribution in [0.25, 0.3) is 0 Å². The number of carbonyl (C=O) groups is 1. The molecule has 1 aliphatic rings. The predicted molar refractivity (Wildman–Crippen MR) is 120 cm³/mol. The number of benzene rings is 2. The molecule has 0 radical (unpaired) electrons. The van der Waals surface area contributed by atoms with Gasteiger partial charge in [-0.3, -0.25) is 9.10 Å². The first kappa shape index (κ1) is 22.0. The van der Waals surface area contributed by atoms with Gasteiger partial charge in [-0.05, 0) is 42.8 Å². The van der Waals surface area contributed by atoms with Gasteiger partial charge in [-0.25, -0.2) is 8.42 Å². The van der Waals surface area contributed by atoms with Crippen LogP contribution in [0.5, 0.6) is 5.75 Å². The Balaban J connectivity index is 1.73. The quantitative estimate of drug-likeness (QED) is 0.674. The van der Waals surface area contributed by atoms with Gasteiger partial charge in [0.25, 0.3) is 0 Å². The van der Waals surface area contributed by atoms with Crippen LogP contribution in [0.15, 0.2) is 54.6 Å². The van der Waals surface area contributed by atoms with E-state index in [0.717, 1.165) is 17.7 Å². The minimum Gasteiger partial charge on any atom is -0.497 e. The molecule has 0 unspecified atom stereocenters. The van der Waals surface area contributed by atoms with E-state index >= 15 is 0 Å². The Labute approximate surface area is 178 Å². The Morgan fingerprint density at radius 2 is 1.63 bits per heavy atom. The van der Waals surface area contributed by atoms with Gasteiger partial charge in [0.1, 0.15) is 11.8 Å². The van der Waals surface area contributed by atoms with E-state index in [1.807, 2.05) is 37.3 Å². The number of methoxy groups -OCH3 is 1. The smallest absolute Gasteiger partial charge is 0.246 e. The molecule has 0 saturated carbocycles. The molecule has 0 aromatic heterocycles. The molecule has 1 fully saturated rings. The van der Waals surface area contributed by atoms with Gasteiger partial charge in [0.15, 0.2) is 0 Å². The van der Waals surface area contributed by atoms with Crippen LogP contribution in [-0.4, -0.2) is 64.8 Å². The molecule has 162 valence electrons. The number of rotatable bonds is 7. The van der Waals surface area contributed by atoms with E-state index in [4.69, 9.17) is 4.74 Å². The van der Waals surface area contributed by atoms with Crippen LogP contribution in [0.1, 0.15) is 13.3 Å². The van der Waals surface area contributed by atoms with Crippen molar-refractivity contribution in [2.45, 2.75) is 19.4 Å². The largest absolute Gasteiger partial charge is 0.497 e. The number of anilines is 2. The third kappa shape index (κ3) is 4.87. The van der Waals surface area contributed by atoms with E-state index in [1.165, 1.54) is 4.31 Å². The molecule has 1 atom stereocenters. The summed E-state index contributed by atoms with van der Waals surface area (Å²) in [5.41, 5.74) is 1.59. The van der Waals surface area contributed by atoms with Gasteiger partial charge in [-0.15, -0.1) is 0 Å². The molecular formula is C22H29N3O4S. The molecule has 0 spiro atoms. The third-order valence-corrected chi connectivity index (χ3v) is 6.53. The Hall–Kier alpha value is -2.74. The first-order chi connectivity index (χ1) is 14.3. The van der Waals surface area contributed by atoms with Gasteiger partial charge in [-0.2, -0.15) is 0 Å². The summed E-state index contributed by atoms with van der Waals surface area (Å²) in [6.07, 6.45) is 1.55. The number of nitrogens with zero attached hydrogens (tertiary/aromatic N) is 3. The van der Waals surface area contributed by atoms with Crippen LogP contribution in [0.4, 0.5) is 11.4 Å². The zero-order valence-corrected chi connectivity index (χ0v) is 18.5. The summed E-state index contributed by atoms with van der Waals surface area (Å²) in [4.78, 5) is 17.3. The lowest BCUT2D eigenvalue weighted by Crippen LogP contribution is -2.56. The summed E-state index contributed by atoms with van der Waals surface area (Å²) in [6.45, 7) is 4.33. The fourth-order valence-corrected chi connectivity index (χ4v) is 5.01. The normalized spacial score (nSPS) is 15.6. The molecule has 3 rings (SSSR count). The Kier molecular flexibility index (Phi) is 6.87. The van der Waals surface area contributed by atoms with E-state index < -0.39 is 16.1 Å². The molecule has 0 N–H and O–H groups in total. The SMILES string of the molecule is CC[C@H](C(=O)N1CCN(c2ccc(OC)cc2)CC1)N(c1ccccc1)S(C)(=O)=O. The number of ether oxygens (including phenoxy) is 1. The summed E-state index contributed by atoms with van der Waals surface area (Å²) < 4.78 is 31.6. The van der Waals surface area contributed by atoms with Crippen molar-refractivity contribution in [1.29, 1.82) is 0 Å². The highest BCUT2D eigenvalue weighted by Crippen LogP contribution is 2.25. The lowest BCUT2D eigenvalue weighted by Gasteiger charge is -2.39. The van der Waals surface area contributed by atoms with Gasteiger partial charge in [0, 0.05) is 31.9 Å². The highest BCUT2D eigenvalue weighted by molar-refractivity contribution is 7.92. The van der Waals surface area contributed by atoms with Crippen LogP contribution >= 0.6 is 0 Å². The molecule has 1 aliphatic heterocycles. The second-order valence-electron chi connectivity index (χ2n) is 7.33. The molecule has 1 heterocycles. The zero-order chi connectivity index (χ0) is 21.7. The highest BCUT2D eigenvalue weighted by atomic mass is 32.2. The average molecular weight is 432 g/mol. The standard InChI is InChI=1S/C22H29N3O4S/c1-4-21(25(30(3,27)28)19-8-6-5-7-9-19)22(26)24-16-14-23(15-17-24)18-10-12-20(29-2)13-11-18/h5-13,21H,4,14-17H2,1-3H3/t21-/m1/s1. The number of para-hydroxylation sites is 1. The van der Waals surface area contributed by atoms with Gasteiger partial charge in [-0.1, -0.05) is 25.1 Å². The average Bonchev–Trinajstić information content (AvgIpc) is 2.77. The number of piperazine rings is 1. The first-order valence-corrected chi connectivity index (χ1v) is 11.9. The maximum absolute atomic E-state index is 13.3. The molecule has 1 saturated heterocycles. The number of hydrogen-bond donors (Lipinski definition) is 0. The Morgan fingerprint density at radius 3 is 2.13 bits per heavy atom. The topological polar surface area (TPSA) is 70.2 Å². The van der Waals surface area contributed by atoms with Gasteiger partial charge in [0.05, 0.1) is 19.1 Å². The van der Waals surface area contributed by atoms with Gasteiger partial charge in [0.2, 0.25) is 15.9 Å². The van der Waals surface area contributed by atoms with Crippen LogP contribution < -0.4 is 13.9 Å². The van der Waals surface area contributed by atoms with Crippen molar-refractivity contribution in [1.82, 2.24) is 4.90 Å². The van der Waals surface area contributed by atoms with Crippen molar-refractivity contribution in [3.8, 4) is 5.75 Å². The number of sulfonamides is 1. The molecular weight excluding hydrogens is 402 g/mol. The van der Waals surface area contributed by atoms with E-state index in [0.29, 0.717) is 38.3 Å². The lowest BCUT2D eigenvalue weighted by molar-refractivity contribution is -0.132. The van der Waals surface area contributed by atoms with Crippen LogP contribution in [0, 0.1) is 0 Å². The zero-order valence-electron chi connectivity index (χ0n) is 17.7. The molecule has 0 aliphatic carbocycles. The van der Waals surface area contributed by atoms with Crippen molar-refractivity contribution in [3.63, 3.8) is 0 Å². The molecule has 30 heavy (non-hydrogen) atoms. The minimum absolute atomic E-state index is 0.152. The molecule has 1 amide bonds. The molecule has 0 bridgehead atoms. The lowest BCUT2D eigenvalue weighted by atomic mass is 10.1. The summed E-state index contributed by atoms with van der Waals surface area (Å²) in [5.74, 6) is 0.654. The fraction of sp³-hybridized carbons (Fsp3) is 0.409. The third-order valence-electron chi connectivity index (χ3n) is 5.35. The fourth-order valence-electron chi connectivity index (χ4n) is 3.81. The first-order valence-electron chi connectivity index (χ1n) is 10.1.